The number of aryl methyl sites for hydroxylation is 2. The number of carbonyl (C=O) groups is 5. The molecule has 6 aromatic carbocycles. The van der Waals surface area contributed by atoms with Crippen molar-refractivity contribution in [1.29, 1.82) is 0 Å². The van der Waals surface area contributed by atoms with Crippen molar-refractivity contribution >= 4 is 88.7 Å². The molecule has 0 aliphatic heterocycles. The highest BCUT2D eigenvalue weighted by molar-refractivity contribution is 8.00. The Bertz CT molecular complexity index is 2620. The Morgan fingerprint density at radius 1 is 0.453 bits per heavy atom. The number of carboxylic acids is 5. The van der Waals surface area contributed by atoms with Gasteiger partial charge in [-0.1, -0.05) is 60.5 Å². The molecule has 0 saturated heterocycles. The van der Waals surface area contributed by atoms with Crippen LogP contribution in [0.15, 0.2) is 164 Å². The molecular weight excluding hydrogens is 1070 g/mol. The number of benzene rings is 6. The average molecular weight is 1130 g/mol. The Labute approximate surface area is 457 Å². The highest BCUT2D eigenvalue weighted by Gasteiger charge is 2.06. The summed E-state index contributed by atoms with van der Waals surface area (Å²) in [5.41, 5.74) is 4.29. The lowest BCUT2D eigenvalue weighted by molar-refractivity contribution is -0.138. The van der Waals surface area contributed by atoms with Gasteiger partial charge in [-0.05, 0) is 152 Å². The first kappa shape index (κ1) is 65.1. The number of unbranched alkanes of at least 4 members (excludes halogenated alkanes) is 2. The summed E-state index contributed by atoms with van der Waals surface area (Å²) in [7, 11) is 1.67. The van der Waals surface area contributed by atoms with Crippen molar-refractivity contribution in [2.75, 3.05) is 30.1 Å². The fraction of sp³-hybridized carbons (Fsp3) is 0.268. The van der Waals surface area contributed by atoms with Crippen molar-refractivity contribution in [1.82, 2.24) is 0 Å². The topological polar surface area (TPSA) is 196 Å². The van der Waals surface area contributed by atoms with E-state index in [1.54, 1.807) is 78.8 Å². The van der Waals surface area contributed by atoms with Gasteiger partial charge in [-0.2, -0.15) is 0 Å². The van der Waals surface area contributed by atoms with Crippen LogP contribution in [0.5, 0.6) is 5.75 Å². The van der Waals surface area contributed by atoms with Gasteiger partial charge in [0.15, 0.2) is 0 Å². The van der Waals surface area contributed by atoms with E-state index >= 15 is 0 Å². The molecule has 0 radical (unpaired) electrons. The third-order valence-corrected chi connectivity index (χ3v) is 14.9. The number of ether oxygens (including phenoxy) is 1. The normalized spacial score (nSPS) is 10.1. The summed E-state index contributed by atoms with van der Waals surface area (Å²) in [6.45, 7) is 3.99. The van der Waals surface area contributed by atoms with Crippen LogP contribution in [0.2, 0.25) is 0 Å². The fourth-order valence-electron chi connectivity index (χ4n) is 5.73. The predicted molar refractivity (Wildman–Crippen MR) is 297 cm³/mol. The summed E-state index contributed by atoms with van der Waals surface area (Å²) >= 11 is 7.46. The zero-order chi connectivity index (χ0) is 55.4. The molecule has 5 N–H and O–H groups in total. The molecule has 6 rings (SSSR count). The van der Waals surface area contributed by atoms with Gasteiger partial charge < -0.3 is 30.3 Å². The maximum absolute atomic E-state index is 12.6. The molecule has 402 valence electrons. The maximum atomic E-state index is 12.6. The number of hydrogen-bond acceptors (Lipinski definition) is 11. The van der Waals surface area contributed by atoms with Crippen LogP contribution in [0.4, 0.5) is 13.2 Å². The van der Waals surface area contributed by atoms with E-state index in [1.165, 1.54) is 65.5 Å². The SMILES string of the molecule is COc1ccccc1SCc1ccc(CC(=O)O)cc1.Cc1ccc(C)c(SCC(=O)O)c1.O=C(O)CCCCCSc1ccc(F)cc1.O=C(O)CCCSc1ccc(F)cc1.O=C(O)CSc1ccc(F)cc1. The summed E-state index contributed by atoms with van der Waals surface area (Å²) in [6, 6.07) is 40.0. The smallest absolute Gasteiger partial charge is 0.313 e. The van der Waals surface area contributed by atoms with Gasteiger partial charge in [-0.15, -0.1) is 58.8 Å². The van der Waals surface area contributed by atoms with Crippen molar-refractivity contribution in [3.05, 3.63) is 179 Å². The third kappa shape index (κ3) is 32.8. The van der Waals surface area contributed by atoms with Gasteiger partial charge in [-0.25, -0.2) is 13.2 Å². The second kappa shape index (κ2) is 38.5. The largest absolute Gasteiger partial charge is 0.496 e. The van der Waals surface area contributed by atoms with E-state index in [4.69, 9.17) is 30.3 Å². The number of para-hydroxylation sites is 1. The zero-order valence-electron chi connectivity index (χ0n) is 41.6. The summed E-state index contributed by atoms with van der Waals surface area (Å²) in [5, 5.41) is 42.4. The van der Waals surface area contributed by atoms with Gasteiger partial charge in [-0.3, -0.25) is 24.0 Å². The lowest BCUT2D eigenvalue weighted by atomic mass is 10.1. The highest BCUT2D eigenvalue weighted by atomic mass is 32.2. The van der Waals surface area contributed by atoms with Crippen molar-refractivity contribution in [2.45, 2.75) is 89.0 Å². The number of aliphatic carboxylic acids is 5. The van der Waals surface area contributed by atoms with Crippen LogP contribution in [-0.2, 0) is 36.1 Å². The number of rotatable bonds is 24. The minimum atomic E-state index is -0.871. The maximum Gasteiger partial charge on any atom is 0.313 e. The molecule has 0 saturated carbocycles. The number of thioether (sulfide) groups is 5. The molecule has 0 heterocycles. The molecule has 0 atom stereocenters. The lowest BCUT2D eigenvalue weighted by Crippen LogP contribution is -1.99. The Morgan fingerprint density at radius 2 is 0.920 bits per heavy atom. The monoisotopic (exact) mass is 1130 g/mol. The summed E-state index contributed by atoms with van der Waals surface area (Å²) in [6.07, 6.45) is 3.81. The summed E-state index contributed by atoms with van der Waals surface area (Å²) in [4.78, 5) is 56.5. The molecule has 0 amide bonds. The molecule has 0 aromatic heterocycles. The van der Waals surface area contributed by atoms with E-state index in [1.807, 2.05) is 80.6 Å². The zero-order valence-corrected chi connectivity index (χ0v) is 45.7. The van der Waals surface area contributed by atoms with Gasteiger partial charge in [0.1, 0.15) is 23.2 Å². The van der Waals surface area contributed by atoms with E-state index in [0.29, 0.717) is 6.42 Å². The molecule has 6 aromatic rings. The van der Waals surface area contributed by atoms with Crippen LogP contribution in [-0.4, -0.2) is 85.5 Å². The van der Waals surface area contributed by atoms with E-state index in [9.17, 15) is 37.1 Å². The Balaban J connectivity index is 0.000000325. The minimum absolute atomic E-state index is 0.00559. The predicted octanol–water partition coefficient (Wildman–Crippen LogP) is 14.4. The van der Waals surface area contributed by atoms with Crippen LogP contribution in [0.3, 0.4) is 0 Å². The molecule has 0 unspecified atom stereocenters. The molecule has 75 heavy (non-hydrogen) atoms. The van der Waals surface area contributed by atoms with Gasteiger partial charge in [0.2, 0.25) is 0 Å². The van der Waals surface area contributed by atoms with Crippen molar-refractivity contribution in [3.63, 3.8) is 0 Å². The van der Waals surface area contributed by atoms with Crippen LogP contribution in [0.25, 0.3) is 0 Å². The van der Waals surface area contributed by atoms with E-state index < -0.39 is 29.8 Å². The number of hydrogen-bond donors (Lipinski definition) is 5. The summed E-state index contributed by atoms with van der Waals surface area (Å²) < 4.78 is 42.8. The van der Waals surface area contributed by atoms with Gasteiger partial charge in [0.25, 0.3) is 0 Å². The van der Waals surface area contributed by atoms with Crippen LogP contribution < -0.4 is 4.74 Å². The minimum Gasteiger partial charge on any atom is -0.496 e. The van der Waals surface area contributed by atoms with E-state index in [2.05, 4.69) is 0 Å². The highest BCUT2D eigenvalue weighted by Crippen LogP contribution is 2.31. The molecule has 11 nitrogen and oxygen atoms in total. The first-order valence-electron chi connectivity index (χ1n) is 23.1. The van der Waals surface area contributed by atoms with Crippen molar-refractivity contribution in [3.8, 4) is 5.75 Å². The van der Waals surface area contributed by atoms with Crippen LogP contribution in [0.1, 0.15) is 60.8 Å². The lowest BCUT2D eigenvalue weighted by Gasteiger charge is -2.08. The van der Waals surface area contributed by atoms with Crippen molar-refractivity contribution < 1.29 is 67.4 Å². The first-order chi connectivity index (χ1) is 35.8. The molecular formula is C56H61F3O11S5. The molecule has 0 aliphatic carbocycles. The second-order valence-electron chi connectivity index (χ2n) is 15.7. The molecule has 0 bridgehead atoms. The Morgan fingerprint density at radius 3 is 1.41 bits per heavy atom. The van der Waals surface area contributed by atoms with Crippen LogP contribution in [0, 0.1) is 31.3 Å². The standard InChI is InChI=1S/C16H16O3S.C12H15FO2S.C10H11FO2S.C10H12O2S.C8H7FO2S/c1-19-14-4-2-3-5-15(14)20-11-13-8-6-12(7-9-13)10-16(17)18;13-10-5-7-11(8-6-10)16-9-3-1-2-4-12(14)15;11-8-3-5-9(6-4-8)14-7-1-2-10(12)13;1-7-3-4-8(2)9(5-7)13-6-10(11)12;9-6-1-3-7(4-2-6)12-5-8(10)11/h2-9H,10-11H2,1H3,(H,17,18);5-8H,1-4,9H2,(H,14,15);3-6H,1-2,7H2,(H,12,13);3-5H,6H2,1-2H3,(H,11,12);1-4H,5H2,(H,10,11). The fourth-order valence-corrected chi connectivity index (χ4v) is 9.94. The van der Waals surface area contributed by atoms with Crippen molar-refractivity contribution in [2.24, 2.45) is 0 Å². The van der Waals surface area contributed by atoms with Gasteiger partial charge in [0, 0.05) is 43.1 Å². The number of methoxy groups -OCH3 is 1. The second-order valence-corrected chi connectivity index (χ2v) is 21.1. The number of carboxylic acid groups (broad SMARTS) is 5. The van der Waals surface area contributed by atoms with E-state index in [0.717, 1.165) is 83.4 Å². The average Bonchev–Trinajstić information content (AvgIpc) is 3.38. The first-order valence-corrected chi connectivity index (χ1v) is 28.0. The summed E-state index contributed by atoms with van der Waals surface area (Å²) in [5.74, 6) is -1.19. The number of halogens is 3. The molecule has 0 spiro atoms. The third-order valence-electron chi connectivity index (χ3n) is 9.45. The molecule has 0 aliphatic rings. The Kier molecular flexibility index (Phi) is 33.5. The molecule has 0 fully saturated rings. The van der Waals surface area contributed by atoms with Gasteiger partial charge >= 0.3 is 29.8 Å². The van der Waals surface area contributed by atoms with Crippen LogP contribution >= 0.6 is 58.8 Å². The Hall–Kier alpha value is -5.99. The molecule has 19 heteroatoms. The van der Waals surface area contributed by atoms with Gasteiger partial charge in [0.05, 0.1) is 25.0 Å². The van der Waals surface area contributed by atoms with E-state index in [-0.39, 0.29) is 48.2 Å². The quantitative estimate of drug-likeness (QED) is 0.0283.